The van der Waals surface area contributed by atoms with Crippen molar-refractivity contribution in [2.24, 2.45) is 0 Å². The zero-order chi connectivity index (χ0) is 14.5. The monoisotopic (exact) mass is 308 g/mol. The van der Waals surface area contributed by atoms with Crippen molar-refractivity contribution in [1.82, 2.24) is 9.97 Å². The Kier molecular flexibility index (Phi) is 5.25. The summed E-state index contributed by atoms with van der Waals surface area (Å²) in [7, 11) is 0. The number of hydrogen-bond donors (Lipinski definition) is 2. The third-order valence-corrected chi connectivity index (χ3v) is 4.61. The number of aromatic nitrogens is 2. The van der Waals surface area contributed by atoms with Gasteiger partial charge in [0.25, 0.3) is 0 Å². The van der Waals surface area contributed by atoms with Gasteiger partial charge in [0, 0.05) is 22.4 Å². The van der Waals surface area contributed by atoms with E-state index in [1.807, 2.05) is 23.7 Å². The van der Waals surface area contributed by atoms with Crippen molar-refractivity contribution in [2.75, 3.05) is 23.4 Å². The standard InChI is InChI=1S/C14H20N4S2/c1-5-15-12-7-13(18-14(17-12)19-4)16-8-11-6-9(2)10(3)20-11/h6-7H,5,8H2,1-4H3,(H2,15,16,17,18). The molecule has 6 heteroatoms. The molecule has 0 aliphatic rings. The molecule has 2 aromatic rings. The van der Waals surface area contributed by atoms with Crippen LogP contribution in [0.5, 0.6) is 0 Å². The summed E-state index contributed by atoms with van der Waals surface area (Å²) in [6.07, 6.45) is 1.99. The summed E-state index contributed by atoms with van der Waals surface area (Å²) in [6, 6.07) is 4.19. The molecule has 2 aromatic heterocycles. The van der Waals surface area contributed by atoms with Gasteiger partial charge in [-0.3, -0.25) is 0 Å². The highest BCUT2D eigenvalue weighted by Gasteiger charge is 2.05. The molecule has 0 bridgehead atoms. The lowest BCUT2D eigenvalue weighted by molar-refractivity contribution is 0.952. The maximum Gasteiger partial charge on any atom is 0.191 e. The highest BCUT2D eigenvalue weighted by molar-refractivity contribution is 7.98. The number of aryl methyl sites for hydroxylation is 2. The van der Waals surface area contributed by atoms with Crippen molar-refractivity contribution in [3.05, 3.63) is 27.5 Å². The van der Waals surface area contributed by atoms with Crippen LogP contribution < -0.4 is 10.6 Å². The highest BCUT2D eigenvalue weighted by atomic mass is 32.2. The molecule has 2 rings (SSSR count). The first-order valence-electron chi connectivity index (χ1n) is 6.59. The number of hydrogen-bond acceptors (Lipinski definition) is 6. The number of thiophene rings is 1. The molecule has 0 aromatic carbocycles. The van der Waals surface area contributed by atoms with Crippen LogP contribution in [-0.2, 0) is 6.54 Å². The van der Waals surface area contributed by atoms with E-state index in [9.17, 15) is 0 Å². The molecule has 2 N–H and O–H groups in total. The number of rotatable bonds is 6. The molecular weight excluding hydrogens is 288 g/mol. The van der Waals surface area contributed by atoms with E-state index in [1.54, 1.807) is 11.8 Å². The average molecular weight is 308 g/mol. The molecule has 0 radical (unpaired) electrons. The molecule has 0 spiro atoms. The second kappa shape index (κ2) is 6.95. The lowest BCUT2D eigenvalue weighted by atomic mass is 10.3. The van der Waals surface area contributed by atoms with E-state index in [0.717, 1.165) is 29.9 Å². The predicted octanol–water partition coefficient (Wildman–Crippen LogP) is 3.92. The summed E-state index contributed by atoms with van der Waals surface area (Å²) in [5, 5.41) is 7.40. The minimum absolute atomic E-state index is 0.782. The Morgan fingerprint density at radius 3 is 2.40 bits per heavy atom. The zero-order valence-corrected chi connectivity index (χ0v) is 13.9. The number of thioether (sulfide) groups is 1. The van der Waals surface area contributed by atoms with Gasteiger partial charge >= 0.3 is 0 Å². The first kappa shape index (κ1) is 15.1. The Morgan fingerprint density at radius 2 is 1.85 bits per heavy atom. The fraction of sp³-hybridized carbons (Fsp3) is 0.429. The van der Waals surface area contributed by atoms with Crippen molar-refractivity contribution in [3.8, 4) is 0 Å². The second-order valence-corrected chi connectivity index (χ2v) is 6.58. The van der Waals surface area contributed by atoms with E-state index in [4.69, 9.17) is 0 Å². The molecular formula is C14H20N4S2. The van der Waals surface area contributed by atoms with E-state index >= 15 is 0 Å². The summed E-state index contributed by atoms with van der Waals surface area (Å²) < 4.78 is 0. The minimum atomic E-state index is 0.782. The van der Waals surface area contributed by atoms with Crippen LogP contribution in [0.2, 0.25) is 0 Å². The number of nitrogens with zero attached hydrogens (tertiary/aromatic N) is 2. The molecule has 0 aliphatic heterocycles. The van der Waals surface area contributed by atoms with Crippen molar-refractivity contribution >= 4 is 34.7 Å². The van der Waals surface area contributed by atoms with Crippen molar-refractivity contribution < 1.29 is 0 Å². The lowest BCUT2D eigenvalue weighted by Crippen LogP contribution is -2.05. The van der Waals surface area contributed by atoms with Gasteiger partial charge in [0.15, 0.2) is 5.16 Å². The summed E-state index contributed by atoms with van der Waals surface area (Å²) in [4.78, 5) is 11.6. The fourth-order valence-electron chi connectivity index (χ4n) is 1.79. The quantitative estimate of drug-likeness (QED) is 0.625. The van der Waals surface area contributed by atoms with Gasteiger partial charge in [-0.2, -0.15) is 0 Å². The maximum absolute atomic E-state index is 4.48. The highest BCUT2D eigenvalue weighted by Crippen LogP contribution is 2.22. The first-order valence-corrected chi connectivity index (χ1v) is 8.63. The molecule has 0 fully saturated rings. The van der Waals surface area contributed by atoms with E-state index in [-0.39, 0.29) is 0 Å². The van der Waals surface area contributed by atoms with Crippen LogP contribution in [0.25, 0.3) is 0 Å². The Bertz CT molecular complexity index is 561. The maximum atomic E-state index is 4.48. The van der Waals surface area contributed by atoms with Crippen LogP contribution in [0.15, 0.2) is 17.3 Å². The Balaban J connectivity index is 2.09. The van der Waals surface area contributed by atoms with Gasteiger partial charge in [0.05, 0.1) is 6.54 Å². The summed E-state index contributed by atoms with van der Waals surface area (Å²) >= 11 is 3.38. The third kappa shape index (κ3) is 3.86. The van der Waals surface area contributed by atoms with Crippen molar-refractivity contribution in [2.45, 2.75) is 32.5 Å². The minimum Gasteiger partial charge on any atom is -0.370 e. The van der Waals surface area contributed by atoms with Crippen LogP contribution in [0.3, 0.4) is 0 Å². The molecule has 4 nitrogen and oxygen atoms in total. The zero-order valence-electron chi connectivity index (χ0n) is 12.3. The molecule has 0 saturated carbocycles. The molecule has 108 valence electrons. The third-order valence-electron chi connectivity index (χ3n) is 2.91. The lowest BCUT2D eigenvalue weighted by Gasteiger charge is -2.09. The van der Waals surface area contributed by atoms with Gasteiger partial charge in [-0.05, 0) is 38.7 Å². The Hall–Kier alpha value is -1.27. The molecule has 20 heavy (non-hydrogen) atoms. The smallest absolute Gasteiger partial charge is 0.191 e. The van der Waals surface area contributed by atoms with Gasteiger partial charge < -0.3 is 10.6 Å². The van der Waals surface area contributed by atoms with E-state index in [2.05, 4.69) is 47.4 Å². The molecule has 2 heterocycles. The summed E-state index contributed by atoms with van der Waals surface area (Å²) in [6.45, 7) is 8.02. The Morgan fingerprint density at radius 1 is 1.15 bits per heavy atom. The number of nitrogens with one attached hydrogen (secondary N) is 2. The van der Waals surface area contributed by atoms with Crippen LogP contribution in [0.4, 0.5) is 11.6 Å². The van der Waals surface area contributed by atoms with Gasteiger partial charge in [0.2, 0.25) is 0 Å². The fourth-order valence-corrected chi connectivity index (χ4v) is 3.17. The predicted molar refractivity (Wildman–Crippen MR) is 89.1 cm³/mol. The van der Waals surface area contributed by atoms with E-state index in [1.165, 1.54) is 15.3 Å². The molecule has 0 saturated heterocycles. The van der Waals surface area contributed by atoms with Gasteiger partial charge in [0.1, 0.15) is 11.6 Å². The first-order chi connectivity index (χ1) is 9.62. The summed E-state index contributed by atoms with van der Waals surface area (Å²) in [5.41, 5.74) is 1.35. The summed E-state index contributed by atoms with van der Waals surface area (Å²) in [5.74, 6) is 1.73. The van der Waals surface area contributed by atoms with Crippen LogP contribution in [-0.4, -0.2) is 22.8 Å². The van der Waals surface area contributed by atoms with Crippen molar-refractivity contribution in [3.63, 3.8) is 0 Å². The van der Waals surface area contributed by atoms with Gasteiger partial charge in [-0.25, -0.2) is 9.97 Å². The molecule has 0 unspecified atom stereocenters. The SMILES string of the molecule is CCNc1cc(NCc2cc(C)c(C)s2)nc(SC)n1. The average Bonchev–Trinajstić information content (AvgIpc) is 2.76. The largest absolute Gasteiger partial charge is 0.370 e. The van der Waals surface area contributed by atoms with Crippen LogP contribution in [0, 0.1) is 13.8 Å². The molecule has 0 aliphatic carbocycles. The van der Waals surface area contributed by atoms with Crippen LogP contribution >= 0.6 is 23.1 Å². The van der Waals surface area contributed by atoms with E-state index in [0.29, 0.717) is 0 Å². The van der Waals surface area contributed by atoms with Crippen LogP contribution in [0.1, 0.15) is 22.2 Å². The van der Waals surface area contributed by atoms with Gasteiger partial charge in [-0.15, -0.1) is 11.3 Å². The van der Waals surface area contributed by atoms with Crippen molar-refractivity contribution in [1.29, 1.82) is 0 Å². The number of anilines is 2. The van der Waals surface area contributed by atoms with Gasteiger partial charge in [-0.1, -0.05) is 11.8 Å². The normalized spacial score (nSPS) is 10.6. The molecule has 0 atom stereocenters. The topological polar surface area (TPSA) is 49.8 Å². The van der Waals surface area contributed by atoms with E-state index < -0.39 is 0 Å². The molecule has 0 amide bonds. The Labute approximate surface area is 128 Å². The second-order valence-electron chi connectivity index (χ2n) is 4.46.